The van der Waals surface area contributed by atoms with Crippen LogP contribution >= 0.6 is 0 Å². The first-order chi connectivity index (χ1) is 7.78. The van der Waals surface area contributed by atoms with E-state index in [0.717, 1.165) is 6.07 Å². The summed E-state index contributed by atoms with van der Waals surface area (Å²) in [4.78, 5) is 10.8. The number of nitrogens with one attached hydrogen (secondary N) is 1. The van der Waals surface area contributed by atoms with Crippen molar-refractivity contribution in [1.29, 1.82) is 0 Å². The summed E-state index contributed by atoms with van der Waals surface area (Å²) in [5, 5.41) is 12.3. The molecule has 17 heavy (non-hydrogen) atoms. The number of carbonyl (C=O) groups excluding carboxylic acids is 1. The van der Waals surface area contributed by atoms with Crippen molar-refractivity contribution in [1.82, 2.24) is 5.32 Å². The number of phenols is 1. The van der Waals surface area contributed by atoms with Gasteiger partial charge in [-0.05, 0) is 31.5 Å². The fourth-order valence-electron chi connectivity index (χ4n) is 1.57. The summed E-state index contributed by atoms with van der Waals surface area (Å²) in [7, 11) is 0. The minimum absolute atomic E-state index is 0.116. The van der Waals surface area contributed by atoms with E-state index in [1.807, 2.05) is 13.8 Å². The molecule has 5 heteroatoms. The van der Waals surface area contributed by atoms with Crippen molar-refractivity contribution >= 4 is 5.91 Å². The molecule has 1 aromatic carbocycles. The minimum atomic E-state index is -0.491. The first kappa shape index (κ1) is 13.4. The van der Waals surface area contributed by atoms with Crippen LogP contribution in [0.5, 0.6) is 5.75 Å². The molecule has 0 unspecified atom stereocenters. The van der Waals surface area contributed by atoms with Crippen LogP contribution in [0.2, 0.25) is 0 Å². The Morgan fingerprint density at radius 1 is 1.47 bits per heavy atom. The first-order valence-corrected chi connectivity index (χ1v) is 5.30. The van der Waals surface area contributed by atoms with Crippen LogP contribution in [-0.2, 0) is 11.3 Å². The number of benzene rings is 1. The van der Waals surface area contributed by atoms with Crippen LogP contribution in [0.25, 0.3) is 0 Å². The lowest BCUT2D eigenvalue weighted by Gasteiger charge is -2.24. The summed E-state index contributed by atoms with van der Waals surface area (Å²) in [6.07, 6.45) is 0.189. The molecule has 0 saturated carbocycles. The van der Waals surface area contributed by atoms with E-state index in [1.54, 1.807) is 0 Å². The molecular formula is C12H17FN2O2. The van der Waals surface area contributed by atoms with Crippen molar-refractivity contribution in [3.05, 3.63) is 29.6 Å². The zero-order valence-electron chi connectivity index (χ0n) is 9.96. The largest absolute Gasteiger partial charge is 0.508 e. The lowest BCUT2D eigenvalue weighted by Crippen LogP contribution is -2.42. The van der Waals surface area contributed by atoms with Crippen molar-refractivity contribution in [2.75, 3.05) is 0 Å². The molecule has 0 heterocycles. The second-order valence-corrected chi connectivity index (χ2v) is 4.70. The third kappa shape index (κ3) is 4.82. The summed E-state index contributed by atoms with van der Waals surface area (Å²) < 4.78 is 13.0. The second-order valence-electron chi connectivity index (χ2n) is 4.70. The summed E-state index contributed by atoms with van der Waals surface area (Å²) in [5.74, 6) is -1.01. The molecule has 94 valence electrons. The maximum atomic E-state index is 13.0. The topological polar surface area (TPSA) is 75.4 Å². The molecule has 0 spiro atoms. The highest BCUT2D eigenvalue weighted by Gasteiger charge is 2.19. The molecule has 1 aromatic rings. The van der Waals surface area contributed by atoms with Gasteiger partial charge in [0, 0.05) is 24.6 Å². The zero-order chi connectivity index (χ0) is 13.1. The Kier molecular flexibility index (Phi) is 4.07. The fraction of sp³-hybridized carbons (Fsp3) is 0.417. The summed E-state index contributed by atoms with van der Waals surface area (Å²) in [6, 6.07) is 3.83. The molecule has 0 bridgehead atoms. The molecule has 1 amide bonds. The third-order valence-corrected chi connectivity index (χ3v) is 2.33. The molecule has 0 radical (unpaired) electrons. The molecule has 4 nitrogen and oxygen atoms in total. The Bertz CT molecular complexity index is 399. The number of halogens is 1. The molecule has 0 atom stereocenters. The van der Waals surface area contributed by atoms with Crippen molar-refractivity contribution < 1.29 is 14.3 Å². The predicted octanol–water partition coefficient (Wildman–Crippen LogP) is 1.27. The molecule has 0 saturated heterocycles. The Morgan fingerprint density at radius 2 is 2.12 bits per heavy atom. The van der Waals surface area contributed by atoms with Gasteiger partial charge in [0.1, 0.15) is 11.6 Å². The molecule has 4 N–H and O–H groups in total. The van der Waals surface area contributed by atoms with Crippen molar-refractivity contribution in [2.45, 2.75) is 32.4 Å². The van der Waals surface area contributed by atoms with Crippen molar-refractivity contribution in [3.8, 4) is 5.75 Å². The highest BCUT2D eigenvalue weighted by molar-refractivity contribution is 5.74. The van der Waals surface area contributed by atoms with Gasteiger partial charge in [-0.3, -0.25) is 4.79 Å². The SMILES string of the molecule is CC(C)(CC(N)=O)NCc1cc(O)cc(F)c1. The number of hydrogen-bond donors (Lipinski definition) is 3. The van der Waals surface area contributed by atoms with E-state index in [1.165, 1.54) is 12.1 Å². The maximum absolute atomic E-state index is 13.0. The zero-order valence-corrected chi connectivity index (χ0v) is 9.96. The van der Waals surface area contributed by atoms with E-state index >= 15 is 0 Å². The van der Waals surface area contributed by atoms with E-state index < -0.39 is 17.3 Å². The van der Waals surface area contributed by atoms with Crippen molar-refractivity contribution in [3.63, 3.8) is 0 Å². The van der Waals surface area contributed by atoms with Gasteiger partial charge in [-0.1, -0.05) is 0 Å². The third-order valence-electron chi connectivity index (χ3n) is 2.33. The monoisotopic (exact) mass is 240 g/mol. The summed E-state index contributed by atoms with van der Waals surface area (Å²) >= 11 is 0. The maximum Gasteiger partial charge on any atom is 0.219 e. The lowest BCUT2D eigenvalue weighted by molar-refractivity contribution is -0.119. The molecule has 0 aliphatic heterocycles. The van der Waals surface area contributed by atoms with Crippen LogP contribution in [0, 0.1) is 5.82 Å². The van der Waals surface area contributed by atoms with Gasteiger partial charge in [0.05, 0.1) is 0 Å². The predicted molar refractivity (Wildman–Crippen MR) is 62.8 cm³/mol. The van der Waals surface area contributed by atoms with Crippen LogP contribution in [0.1, 0.15) is 25.8 Å². The summed E-state index contributed by atoms with van der Waals surface area (Å²) in [5.41, 5.74) is 5.26. The van der Waals surface area contributed by atoms with Crippen LogP contribution in [0.15, 0.2) is 18.2 Å². The van der Waals surface area contributed by atoms with E-state index in [0.29, 0.717) is 12.1 Å². The number of amides is 1. The average Bonchev–Trinajstić information content (AvgIpc) is 2.11. The molecule has 1 rings (SSSR count). The number of hydrogen-bond acceptors (Lipinski definition) is 3. The first-order valence-electron chi connectivity index (χ1n) is 5.30. The van der Waals surface area contributed by atoms with E-state index in [9.17, 15) is 14.3 Å². The highest BCUT2D eigenvalue weighted by Crippen LogP contribution is 2.16. The molecule has 0 aromatic heterocycles. The molecule has 0 aliphatic rings. The van der Waals surface area contributed by atoms with Gasteiger partial charge >= 0.3 is 0 Å². The Balaban J connectivity index is 2.63. The van der Waals surface area contributed by atoms with Gasteiger partial charge in [-0.15, -0.1) is 0 Å². The lowest BCUT2D eigenvalue weighted by atomic mass is 10.00. The number of carbonyl (C=O) groups is 1. The van der Waals surface area contributed by atoms with Crippen LogP contribution in [0.4, 0.5) is 4.39 Å². The Morgan fingerprint density at radius 3 is 2.65 bits per heavy atom. The van der Waals surface area contributed by atoms with Gasteiger partial charge in [0.25, 0.3) is 0 Å². The average molecular weight is 240 g/mol. The second kappa shape index (κ2) is 5.14. The number of nitrogens with two attached hydrogens (primary N) is 1. The molecule has 0 aliphatic carbocycles. The van der Waals surface area contributed by atoms with Gasteiger partial charge in [0.15, 0.2) is 0 Å². The van der Waals surface area contributed by atoms with E-state index in [4.69, 9.17) is 5.73 Å². The van der Waals surface area contributed by atoms with E-state index in [2.05, 4.69) is 5.32 Å². The Labute approximate surface area is 99.6 Å². The van der Waals surface area contributed by atoms with Gasteiger partial charge in [0.2, 0.25) is 5.91 Å². The summed E-state index contributed by atoms with van der Waals surface area (Å²) in [6.45, 7) is 4.01. The highest BCUT2D eigenvalue weighted by atomic mass is 19.1. The molecule has 0 fully saturated rings. The van der Waals surface area contributed by atoms with Crippen LogP contribution in [0.3, 0.4) is 0 Å². The molecular weight excluding hydrogens is 223 g/mol. The quantitative estimate of drug-likeness (QED) is 0.725. The normalized spacial score (nSPS) is 11.5. The van der Waals surface area contributed by atoms with Gasteiger partial charge in [-0.25, -0.2) is 4.39 Å². The number of rotatable bonds is 5. The standard InChI is InChI=1S/C12H17FN2O2/c1-12(2,6-11(14)17)15-7-8-3-9(13)5-10(16)4-8/h3-5,15-16H,6-7H2,1-2H3,(H2,14,17). The van der Waals surface area contributed by atoms with Gasteiger partial charge < -0.3 is 16.2 Å². The van der Waals surface area contributed by atoms with Crippen LogP contribution in [-0.4, -0.2) is 16.6 Å². The van der Waals surface area contributed by atoms with Crippen LogP contribution < -0.4 is 11.1 Å². The number of primary amides is 1. The van der Waals surface area contributed by atoms with Crippen molar-refractivity contribution in [2.24, 2.45) is 5.73 Å². The minimum Gasteiger partial charge on any atom is -0.508 e. The van der Waals surface area contributed by atoms with E-state index in [-0.39, 0.29) is 12.2 Å². The smallest absolute Gasteiger partial charge is 0.219 e. The Hall–Kier alpha value is -1.62. The fourth-order valence-corrected chi connectivity index (χ4v) is 1.57. The van der Waals surface area contributed by atoms with Gasteiger partial charge in [-0.2, -0.15) is 0 Å². The number of aromatic hydroxyl groups is 1. The number of phenolic OH excluding ortho intramolecular Hbond substituents is 1.